The lowest BCUT2D eigenvalue weighted by Gasteiger charge is -2.22. The van der Waals surface area contributed by atoms with E-state index in [2.05, 4.69) is 0 Å². The molecular weight excluding hydrogens is 426 g/mol. The highest BCUT2D eigenvalue weighted by Gasteiger charge is 2.57. The smallest absolute Gasteiger partial charge is 0.297 e. The van der Waals surface area contributed by atoms with Gasteiger partial charge in [-0.05, 0) is 30.3 Å². The predicted octanol–water partition coefficient (Wildman–Crippen LogP) is 5.07. The lowest BCUT2D eigenvalue weighted by atomic mass is 10.1. The normalized spacial score (nSPS) is 16.7. The summed E-state index contributed by atoms with van der Waals surface area (Å²) in [4.78, 5) is 15.4. The number of para-hydroxylation sites is 2. The highest BCUT2D eigenvalue weighted by Crippen LogP contribution is 2.50. The Kier molecular flexibility index (Phi) is 4.40. The number of rotatable bonds is 3. The van der Waals surface area contributed by atoms with Gasteiger partial charge in [0, 0.05) is 16.1 Å². The number of ether oxygens (including phenoxy) is 2. The number of anilines is 2. The molecule has 1 saturated heterocycles. The van der Waals surface area contributed by atoms with Crippen molar-refractivity contribution < 1.29 is 14.3 Å². The van der Waals surface area contributed by atoms with Crippen molar-refractivity contribution in [3.8, 4) is 16.9 Å². The van der Waals surface area contributed by atoms with E-state index in [1.165, 1.54) is 0 Å². The van der Waals surface area contributed by atoms with Gasteiger partial charge in [0.15, 0.2) is 0 Å². The van der Waals surface area contributed by atoms with Gasteiger partial charge in [0.25, 0.3) is 11.7 Å². The van der Waals surface area contributed by atoms with Crippen molar-refractivity contribution in [2.24, 2.45) is 0 Å². The molecule has 3 aromatic carbocycles. The maximum absolute atomic E-state index is 13.8. The van der Waals surface area contributed by atoms with Crippen LogP contribution in [0.25, 0.3) is 16.9 Å². The molecule has 0 aliphatic carbocycles. The summed E-state index contributed by atoms with van der Waals surface area (Å²) in [5.74, 6) is -1.69. The van der Waals surface area contributed by atoms with Crippen molar-refractivity contribution in [3.05, 3.63) is 95.6 Å². The van der Waals surface area contributed by atoms with Gasteiger partial charge in [0.1, 0.15) is 5.69 Å². The van der Waals surface area contributed by atoms with Gasteiger partial charge in [-0.3, -0.25) is 9.69 Å². The van der Waals surface area contributed by atoms with E-state index >= 15 is 0 Å². The average molecular weight is 444 g/mol. The van der Waals surface area contributed by atoms with Gasteiger partial charge in [0.2, 0.25) is 0 Å². The Morgan fingerprint density at radius 1 is 0.844 bits per heavy atom. The number of aromatic nitrogens is 2. The summed E-state index contributed by atoms with van der Waals surface area (Å²) in [7, 11) is 0. The Hall–Kier alpha value is -3.45. The van der Waals surface area contributed by atoms with E-state index < -0.39 is 5.79 Å². The number of hydrogen-bond acceptors (Lipinski definition) is 4. The van der Waals surface area contributed by atoms with Crippen LogP contribution in [0.4, 0.5) is 11.4 Å². The van der Waals surface area contributed by atoms with Gasteiger partial charge in [-0.15, -0.1) is 0 Å². The maximum atomic E-state index is 13.8. The molecule has 1 aromatic heterocycles. The number of hydrogen-bond donors (Lipinski definition) is 0. The summed E-state index contributed by atoms with van der Waals surface area (Å²) in [5.41, 5.74) is 4.46. The molecule has 7 heteroatoms. The summed E-state index contributed by atoms with van der Waals surface area (Å²) < 4.78 is 13.5. The Morgan fingerprint density at radius 3 is 2.28 bits per heavy atom. The number of carbonyl (C=O) groups excluding carboxylic acids is 1. The van der Waals surface area contributed by atoms with E-state index in [1.807, 2.05) is 85.1 Å². The largest absolute Gasteiger partial charge is 0.336 e. The van der Waals surface area contributed by atoms with Crippen LogP contribution in [0.3, 0.4) is 0 Å². The third kappa shape index (κ3) is 2.81. The molecule has 0 saturated carbocycles. The average Bonchev–Trinajstić information content (AvgIpc) is 3.54. The second-order valence-electron chi connectivity index (χ2n) is 7.62. The molecular formula is C25H18ClN3O3. The molecule has 0 radical (unpaired) electrons. The fourth-order valence-corrected chi connectivity index (χ4v) is 4.43. The number of carbonyl (C=O) groups is 1. The fraction of sp³-hybridized carbons (Fsp3) is 0.120. The zero-order valence-corrected chi connectivity index (χ0v) is 17.7. The molecule has 2 aliphatic heterocycles. The Labute approximate surface area is 189 Å². The SMILES string of the molecule is O=C1N(c2cn(-c3ccccc3)nc2-c2ccc(Cl)cc2)c2ccccc2C12OCCO2. The minimum Gasteiger partial charge on any atom is -0.336 e. The minimum atomic E-state index is -1.41. The number of benzene rings is 3. The molecule has 3 heterocycles. The first-order chi connectivity index (χ1) is 15.7. The first-order valence-electron chi connectivity index (χ1n) is 10.3. The third-order valence-corrected chi connectivity index (χ3v) is 6.00. The number of fused-ring (bicyclic) bond motifs is 2. The molecule has 0 unspecified atom stereocenters. The van der Waals surface area contributed by atoms with Crippen molar-refractivity contribution in [2.45, 2.75) is 5.79 Å². The summed E-state index contributed by atoms with van der Waals surface area (Å²) in [6.45, 7) is 0.725. The molecule has 6 rings (SSSR count). The highest BCUT2D eigenvalue weighted by atomic mass is 35.5. The van der Waals surface area contributed by atoms with Crippen LogP contribution in [0.15, 0.2) is 85.1 Å². The van der Waals surface area contributed by atoms with Crippen LogP contribution in [0, 0.1) is 0 Å². The molecule has 32 heavy (non-hydrogen) atoms. The predicted molar refractivity (Wildman–Crippen MR) is 121 cm³/mol. The Bertz CT molecular complexity index is 1310. The lowest BCUT2D eigenvalue weighted by Crippen LogP contribution is -2.39. The molecule has 6 nitrogen and oxygen atoms in total. The first-order valence-corrected chi connectivity index (χ1v) is 10.7. The van der Waals surface area contributed by atoms with Crippen molar-refractivity contribution in [1.82, 2.24) is 9.78 Å². The third-order valence-electron chi connectivity index (χ3n) is 5.75. The van der Waals surface area contributed by atoms with Crippen molar-refractivity contribution >= 4 is 28.9 Å². The zero-order valence-electron chi connectivity index (χ0n) is 16.9. The van der Waals surface area contributed by atoms with Crippen molar-refractivity contribution in [2.75, 3.05) is 18.1 Å². The molecule has 1 fully saturated rings. The molecule has 0 atom stereocenters. The lowest BCUT2D eigenvalue weighted by molar-refractivity contribution is -0.180. The summed E-state index contributed by atoms with van der Waals surface area (Å²) in [6, 6.07) is 24.8. The van der Waals surface area contributed by atoms with Crippen LogP contribution >= 0.6 is 11.6 Å². The fourth-order valence-electron chi connectivity index (χ4n) is 4.30. The van der Waals surface area contributed by atoms with E-state index in [0.717, 1.165) is 16.9 Å². The van der Waals surface area contributed by atoms with E-state index in [-0.39, 0.29) is 5.91 Å². The molecule has 2 aliphatic rings. The Balaban J connectivity index is 1.57. The molecule has 1 amide bonds. The summed E-state index contributed by atoms with van der Waals surface area (Å²) >= 11 is 6.12. The maximum Gasteiger partial charge on any atom is 0.297 e. The van der Waals surface area contributed by atoms with Crippen LogP contribution < -0.4 is 4.90 Å². The quantitative estimate of drug-likeness (QED) is 0.443. The number of amides is 1. The van der Waals surface area contributed by atoms with Crippen LogP contribution in [0.5, 0.6) is 0 Å². The Morgan fingerprint density at radius 2 is 1.53 bits per heavy atom. The second-order valence-corrected chi connectivity index (χ2v) is 8.06. The van der Waals surface area contributed by atoms with Crippen LogP contribution in [-0.2, 0) is 20.1 Å². The van der Waals surface area contributed by atoms with Crippen LogP contribution in [-0.4, -0.2) is 28.9 Å². The zero-order chi connectivity index (χ0) is 21.7. The van der Waals surface area contributed by atoms with Crippen molar-refractivity contribution in [1.29, 1.82) is 0 Å². The van der Waals surface area contributed by atoms with E-state index in [1.54, 1.807) is 9.58 Å². The van der Waals surface area contributed by atoms with Gasteiger partial charge in [-0.25, -0.2) is 4.68 Å². The molecule has 0 bridgehead atoms. The molecule has 1 spiro atoms. The minimum absolute atomic E-state index is 0.279. The second kappa shape index (κ2) is 7.31. The van der Waals surface area contributed by atoms with Crippen LogP contribution in [0.2, 0.25) is 5.02 Å². The molecule has 4 aromatic rings. The monoisotopic (exact) mass is 443 g/mol. The number of halogens is 1. The highest BCUT2D eigenvalue weighted by molar-refractivity contribution is 6.30. The van der Waals surface area contributed by atoms with Crippen LogP contribution in [0.1, 0.15) is 5.56 Å². The topological polar surface area (TPSA) is 56.6 Å². The summed E-state index contributed by atoms with van der Waals surface area (Å²) in [6.07, 6.45) is 1.86. The number of nitrogens with zero attached hydrogens (tertiary/aromatic N) is 3. The summed E-state index contributed by atoms with van der Waals surface area (Å²) in [5, 5.41) is 5.48. The van der Waals surface area contributed by atoms with Gasteiger partial charge in [-0.2, -0.15) is 5.10 Å². The molecule has 158 valence electrons. The van der Waals surface area contributed by atoms with Gasteiger partial charge >= 0.3 is 0 Å². The first kappa shape index (κ1) is 19.3. The van der Waals surface area contributed by atoms with Gasteiger partial charge in [0.05, 0.1) is 36.5 Å². The van der Waals surface area contributed by atoms with E-state index in [4.69, 9.17) is 26.2 Å². The van der Waals surface area contributed by atoms with Crippen molar-refractivity contribution in [3.63, 3.8) is 0 Å². The van der Waals surface area contributed by atoms with E-state index in [0.29, 0.717) is 35.2 Å². The van der Waals surface area contributed by atoms with E-state index in [9.17, 15) is 4.79 Å². The standard InChI is InChI=1S/C25H18ClN3O3/c26-18-12-10-17(11-13-18)23-22(16-28(27-23)19-6-2-1-3-7-19)29-21-9-5-4-8-20(21)25(24(29)30)31-14-15-32-25/h1-13,16H,14-15H2. The molecule has 0 N–H and O–H groups in total. The van der Waals surface area contributed by atoms with Gasteiger partial charge in [-0.1, -0.05) is 60.1 Å². The van der Waals surface area contributed by atoms with Gasteiger partial charge < -0.3 is 9.47 Å².